The number of amides is 1. The van der Waals surface area contributed by atoms with Gasteiger partial charge in [0, 0.05) is 19.5 Å². The first-order valence-corrected chi connectivity index (χ1v) is 5.37. The molecular weight excluding hydrogens is 176 g/mol. The Hall–Kier alpha value is -0.830. The molecule has 1 N–H and O–H groups in total. The third-order valence-electron chi connectivity index (χ3n) is 2.71. The van der Waals surface area contributed by atoms with Gasteiger partial charge in [-0.1, -0.05) is 6.08 Å². The molecule has 1 rings (SSSR count). The van der Waals surface area contributed by atoms with Crippen LogP contribution in [0.3, 0.4) is 0 Å². The first-order chi connectivity index (χ1) is 6.77. The van der Waals surface area contributed by atoms with Gasteiger partial charge in [-0.25, -0.2) is 0 Å². The lowest BCUT2D eigenvalue weighted by molar-refractivity contribution is -0.131. The van der Waals surface area contributed by atoms with Crippen molar-refractivity contribution in [1.29, 1.82) is 0 Å². The number of likely N-dealkylation sites (N-methyl/N-ethyl adjacent to an activating group) is 1. The van der Waals surface area contributed by atoms with Gasteiger partial charge >= 0.3 is 0 Å². The van der Waals surface area contributed by atoms with Crippen LogP contribution < -0.4 is 5.32 Å². The number of hydrogen-bond donors (Lipinski definition) is 1. The summed E-state index contributed by atoms with van der Waals surface area (Å²) in [6, 6.07) is 0. The number of rotatable bonds is 5. The zero-order valence-corrected chi connectivity index (χ0v) is 8.96. The second kappa shape index (κ2) is 5.81. The Morgan fingerprint density at radius 1 is 1.71 bits per heavy atom. The highest BCUT2D eigenvalue weighted by Crippen LogP contribution is 2.13. The van der Waals surface area contributed by atoms with Gasteiger partial charge in [0.1, 0.15) is 0 Å². The van der Waals surface area contributed by atoms with Gasteiger partial charge in [0.05, 0.1) is 0 Å². The molecule has 0 bridgehead atoms. The van der Waals surface area contributed by atoms with Crippen molar-refractivity contribution in [3.05, 3.63) is 12.7 Å². The number of nitrogens with one attached hydrogen (secondary N) is 1. The van der Waals surface area contributed by atoms with Gasteiger partial charge in [0.15, 0.2) is 0 Å². The zero-order chi connectivity index (χ0) is 10.4. The SMILES string of the molecule is C=CCN(CC)C(=O)CC1CCNC1. The molecule has 1 saturated heterocycles. The van der Waals surface area contributed by atoms with Crippen LogP contribution in [0.2, 0.25) is 0 Å². The molecule has 0 radical (unpaired) electrons. The van der Waals surface area contributed by atoms with Crippen LogP contribution in [0.1, 0.15) is 19.8 Å². The van der Waals surface area contributed by atoms with Gasteiger partial charge in [-0.2, -0.15) is 0 Å². The van der Waals surface area contributed by atoms with Crippen molar-refractivity contribution in [3.8, 4) is 0 Å². The van der Waals surface area contributed by atoms with Crippen molar-refractivity contribution < 1.29 is 4.79 Å². The van der Waals surface area contributed by atoms with E-state index in [1.54, 1.807) is 6.08 Å². The van der Waals surface area contributed by atoms with Gasteiger partial charge in [-0.05, 0) is 32.4 Å². The molecule has 1 fully saturated rings. The van der Waals surface area contributed by atoms with Gasteiger partial charge in [-0.3, -0.25) is 4.79 Å². The maximum atomic E-state index is 11.8. The van der Waals surface area contributed by atoms with Crippen molar-refractivity contribution in [2.45, 2.75) is 19.8 Å². The highest BCUT2D eigenvalue weighted by molar-refractivity contribution is 5.76. The summed E-state index contributed by atoms with van der Waals surface area (Å²) in [5, 5.41) is 3.28. The fourth-order valence-electron chi connectivity index (χ4n) is 1.83. The Balaban J connectivity index is 2.33. The van der Waals surface area contributed by atoms with E-state index in [0.29, 0.717) is 18.9 Å². The van der Waals surface area contributed by atoms with Crippen LogP contribution in [0.25, 0.3) is 0 Å². The van der Waals surface area contributed by atoms with Gasteiger partial charge < -0.3 is 10.2 Å². The van der Waals surface area contributed by atoms with Crippen LogP contribution in [0, 0.1) is 5.92 Å². The molecule has 14 heavy (non-hydrogen) atoms. The predicted molar refractivity (Wildman–Crippen MR) is 58.0 cm³/mol. The maximum Gasteiger partial charge on any atom is 0.223 e. The minimum Gasteiger partial charge on any atom is -0.339 e. The number of hydrogen-bond acceptors (Lipinski definition) is 2. The Bertz CT molecular complexity index is 197. The first kappa shape index (κ1) is 11.2. The van der Waals surface area contributed by atoms with Crippen molar-refractivity contribution in [1.82, 2.24) is 10.2 Å². The molecule has 1 aliphatic heterocycles. The molecule has 80 valence electrons. The van der Waals surface area contributed by atoms with Crippen molar-refractivity contribution in [3.63, 3.8) is 0 Å². The molecule has 0 saturated carbocycles. The van der Waals surface area contributed by atoms with Crippen LogP contribution in [-0.4, -0.2) is 37.0 Å². The molecule has 0 aromatic carbocycles. The Kier molecular flexibility index (Phi) is 4.66. The molecule has 3 heteroatoms. The van der Waals surface area contributed by atoms with E-state index in [1.807, 2.05) is 11.8 Å². The molecule has 0 aromatic rings. The van der Waals surface area contributed by atoms with E-state index in [1.165, 1.54) is 0 Å². The van der Waals surface area contributed by atoms with E-state index in [2.05, 4.69) is 11.9 Å². The molecule has 1 aliphatic rings. The smallest absolute Gasteiger partial charge is 0.223 e. The standard InChI is InChI=1S/C11H20N2O/c1-3-7-13(4-2)11(14)8-10-5-6-12-9-10/h3,10,12H,1,4-9H2,2H3. The van der Waals surface area contributed by atoms with Crippen LogP contribution >= 0.6 is 0 Å². The topological polar surface area (TPSA) is 32.3 Å². The Morgan fingerprint density at radius 2 is 2.50 bits per heavy atom. The third kappa shape index (κ3) is 3.14. The first-order valence-electron chi connectivity index (χ1n) is 5.37. The number of nitrogens with zero attached hydrogens (tertiary/aromatic N) is 1. The summed E-state index contributed by atoms with van der Waals surface area (Å²) in [7, 11) is 0. The number of carbonyl (C=O) groups excluding carboxylic acids is 1. The fraction of sp³-hybridized carbons (Fsp3) is 0.727. The highest BCUT2D eigenvalue weighted by Gasteiger charge is 2.20. The maximum absolute atomic E-state index is 11.8. The summed E-state index contributed by atoms with van der Waals surface area (Å²) >= 11 is 0. The largest absolute Gasteiger partial charge is 0.339 e. The second-order valence-corrected chi connectivity index (χ2v) is 3.78. The molecule has 1 unspecified atom stereocenters. The van der Waals surface area contributed by atoms with Crippen LogP contribution in [0.4, 0.5) is 0 Å². The zero-order valence-electron chi connectivity index (χ0n) is 8.96. The highest BCUT2D eigenvalue weighted by atomic mass is 16.2. The average molecular weight is 196 g/mol. The average Bonchev–Trinajstić information content (AvgIpc) is 2.66. The lowest BCUT2D eigenvalue weighted by atomic mass is 10.0. The quantitative estimate of drug-likeness (QED) is 0.666. The van der Waals surface area contributed by atoms with E-state index in [-0.39, 0.29) is 5.91 Å². The minimum atomic E-state index is 0.265. The molecule has 1 amide bonds. The Morgan fingerprint density at radius 3 is 3.00 bits per heavy atom. The van der Waals surface area contributed by atoms with Gasteiger partial charge in [-0.15, -0.1) is 6.58 Å². The van der Waals surface area contributed by atoms with E-state index < -0.39 is 0 Å². The Labute approximate surface area is 86.2 Å². The summed E-state index contributed by atoms with van der Waals surface area (Å²) in [4.78, 5) is 13.6. The number of carbonyl (C=O) groups is 1. The summed E-state index contributed by atoms with van der Waals surface area (Å²) in [6.45, 7) is 9.18. The third-order valence-corrected chi connectivity index (χ3v) is 2.71. The minimum absolute atomic E-state index is 0.265. The normalized spacial score (nSPS) is 20.8. The van der Waals surface area contributed by atoms with Crippen molar-refractivity contribution in [2.24, 2.45) is 5.92 Å². The molecule has 0 aliphatic carbocycles. The van der Waals surface area contributed by atoms with E-state index in [9.17, 15) is 4.79 Å². The summed E-state index contributed by atoms with van der Waals surface area (Å²) in [5.74, 6) is 0.808. The van der Waals surface area contributed by atoms with E-state index >= 15 is 0 Å². The molecule has 0 spiro atoms. The summed E-state index contributed by atoms with van der Waals surface area (Å²) < 4.78 is 0. The molecule has 1 heterocycles. The lowest BCUT2D eigenvalue weighted by Crippen LogP contribution is -2.32. The van der Waals surface area contributed by atoms with Crippen LogP contribution in [0.5, 0.6) is 0 Å². The molecular formula is C11H20N2O. The van der Waals surface area contributed by atoms with Crippen molar-refractivity contribution in [2.75, 3.05) is 26.2 Å². The lowest BCUT2D eigenvalue weighted by Gasteiger charge is -2.20. The molecule has 1 atom stereocenters. The van der Waals surface area contributed by atoms with E-state index in [0.717, 1.165) is 26.1 Å². The van der Waals surface area contributed by atoms with Crippen LogP contribution in [-0.2, 0) is 4.79 Å². The van der Waals surface area contributed by atoms with Crippen LogP contribution in [0.15, 0.2) is 12.7 Å². The molecule has 3 nitrogen and oxygen atoms in total. The fourth-order valence-corrected chi connectivity index (χ4v) is 1.83. The van der Waals surface area contributed by atoms with Crippen molar-refractivity contribution >= 4 is 5.91 Å². The molecule has 0 aromatic heterocycles. The summed E-state index contributed by atoms with van der Waals surface area (Å²) in [5.41, 5.74) is 0. The van der Waals surface area contributed by atoms with Gasteiger partial charge in [0.25, 0.3) is 0 Å². The predicted octanol–water partition coefficient (Wildman–Crippen LogP) is 1.02. The van der Waals surface area contributed by atoms with Gasteiger partial charge in [0.2, 0.25) is 5.91 Å². The second-order valence-electron chi connectivity index (χ2n) is 3.78. The summed E-state index contributed by atoms with van der Waals surface area (Å²) in [6.07, 6.45) is 3.61. The van der Waals surface area contributed by atoms with E-state index in [4.69, 9.17) is 0 Å². The monoisotopic (exact) mass is 196 g/mol.